The molecule has 1 aliphatic heterocycles. The number of oxazole rings is 1. The number of nitrogens with zero attached hydrogens (tertiary/aromatic N) is 3. The molecule has 2 heterocycles. The molecule has 0 bridgehead atoms. The summed E-state index contributed by atoms with van der Waals surface area (Å²) in [5.74, 6) is 1.49. The molecule has 7 nitrogen and oxygen atoms in total. The third kappa shape index (κ3) is 5.31. The SMILES string of the molecule is CCc1cnc(CN(C(C)=O)C2CCN(CCS(C)(=O)=O)C2)o1. The van der Waals surface area contributed by atoms with E-state index in [1.807, 2.05) is 6.92 Å². The van der Waals surface area contributed by atoms with Crippen LogP contribution in [0.5, 0.6) is 0 Å². The Kier molecular flexibility index (Phi) is 5.80. The van der Waals surface area contributed by atoms with Crippen molar-refractivity contribution >= 4 is 15.7 Å². The summed E-state index contributed by atoms with van der Waals surface area (Å²) in [7, 11) is -2.96. The maximum atomic E-state index is 12.0. The number of carbonyl (C=O) groups is 1. The minimum Gasteiger partial charge on any atom is -0.444 e. The summed E-state index contributed by atoms with van der Waals surface area (Å²) < 4.78 is 28.1. The predicted octanol–water partition coefficient (Wildman–Crippen LogP) is 0.704. The van der Waals surface area contributed by atoms with E-state index in [0.717, 1.165) is 25.1 Å². The lowest BCUT2D eigenvalue weighted by atomic mass is 10.2. The molecule has 1 aliphatic rings. The molecule has 8 heteroatoms. The molecule has 0 N–H and O–H groups in total. The van der Waals surface area contributed by atoms with Gasteiger partial charge in [0.15, 0.2) is 0 Å². The molecule has 130 valence electrons. The molecular formula is C15H25N3O4S. The summed E-state index contributed by atoms with van der Waals surface area (Å²) in [6, 6.07) is 0.0732. The number of likely N-dealkylation sites (tertiary alicyclic amines) is 1. The highest BCUT2D eigenvalue weighted by Gasteiger charge is 2.30. The fourth-order valence-electron chi connectivity index (χ4n) is 2.79. The molecule has 0 aromatic carbocycles. The lowest BCUT2D eigenvalue weighted by Gasteiger charge is -2.27. The monoisotopic (exact) mass is 343 g/mol. The van der Waals surface area contributed by atoms with Crippen molar-refractivity contribution in [3.05, 3.63) is 17.8 Å². The van der Waals surface area contributed by atoms with Gasteiger partial charge < -0.3 is 14.2 Å². The Balaban J connectivity index is 1.95. The standard InChI is InChI=1S/C15H25N3O4S/c1-4-14-9-16-15(22-14)11-18(12(2)19)13-5-6-17(10-13)7-8-23(3,20)21/h9,13H,4-8,10-11H2,1-3H3. The normalized spacial score (nSPS) is 19.2. The molecule has 0 aliphatic carbocycles. The number of rotatable bonds is 7. The molecule has 1 atom stereocenters. The fourth-order valence-corrected chi connectivity index (χ4v) is 3.38. The minimum absolute atomic E-state index is 0.0174. The van der Waals surface area contributed by atoms with Crippen molar-refractivity contribution in [2.45, 2.75) is 39.3 Å². The van der Waals surface area contributed by atoms with Crippen LogP contribution >= 0.6 is 0 Å². The largest absolute Gasteiger partial charge is 0.444 e. The van der Waals surface area contributed by atoms with Crippen molar-refractivity contribution in [3.8, 4) is 0 Å². The summed E-state index contributed by atoms with van der Waals surface area (Å²) in [6.07, 6.45) is 4.55. The van der Waals surface area contributed by atoms with Crippen LogP contribution in [0.3, 0.4) is 0 Å². The van der Waals surface area contributed by atoms with Crippen LogP contribution in [-0.4, -0.2) is 66.8 Å². The first-order valence-corrected chi connectivity index (χ1v) is 9.95. The smallest absolute Gasteiger partial charge is 0.220 e. The quantitative estimate of drug-likeness (QED) is 0.725. The van der Waals surface area contributed by atoms with E-state index >= 15 is 0 Å². The van der Waals surface area contributed by atoms with Crippen molar-refractivity contribution in [1.29, 1.82) is 0 Å². The van der Waals surface area contributed by atoms with Gasteiger partial charge in [0, 0.05) is 45.3 Å². The molecule has 2 rings (SSSR count). The van der Waals surface area contributed by atoms with Crippen LogP contribution in [0.15, 0.2) is 10.6 Å². The number of amides is 1. The van der Waals surface area contributed by atoms with Crippen LogP contribution in [-0.2, 0) is 27.6 Å². The van der Waals surface area contributed by atoms with Gasteiger partial charge in [0.1, 0.15) is 15.6 Å². The third-order valence-electron chi connectivity index (χ3n) is 4.13. The van der Waals surface area contributed by atoms with Crippen molar-refractivity contribution in [2.24, 2.45) is 0 Å². The van der Waals surface area contributed by atoms with Crippen LogP contribution in [0.4, 0.5) is 0 Å². The first kappa shape index (κ1) is 17.9. The second-order valence-corrected chi connectivity index (χ2v) is 8.35. The van der Waals surface area contributed by atoms with Crippen LogP contribution in [0, 0.1) is 0 Å². The lowest BCUT2D eigenvalue weighted by molar-refractivity contribution is -0.132. The molecule has 1 aromatic rings. The average molecular weight is 343 g/mol. The first-order valence-electron chi connectivity index (χ1n) is 7.89. The maximum absolute atomic E-state index is 12.0. The molecule has 0 spiro atoms. The summed E-state index contributed by atoms with van der Waals surface area (Å²) in [4.78, 5) is 20.1. The molecule has 1 unspecified atom stereocenters. The van der Waals surface area contributed by atoms with E-state index < -0.39 is 9.84 Å². The van der Waals surface area contributed by atoms with Crippen LogP contribution in [0.2, 0.25) is 0 Å². The van der Waals surface area contributed by atoms with Crippen LogP contribution < -0.4 is 0 Å². The summed E-state index contributed by atoms with van der Waals surface area (Å²) in [5.41, 5.74) is 0. The van der Waals surface area contributed by atoms with Gasteiger partial charge in [-0.15, -0.1) is 0 Å². The van der Waals surface area contributed by atoms with Gasteiger partial charge in [-0.05, 0) is 6.42 Å². The van der Waals surface area contributed by atoms with E-state index in [9.17, 15) is 13.2 Å². The van der Waals surface area contributed by atoms with Gasteiger partial charge in [-0.1, -0.05) is 6.92 Å². The van der Waals surface area contributed by atoms with E-state index in [4.69, 9.17) is 4.42 Å². The molecule has 0 radical (unpaired) electrons. The number of aromatic nitrogens is 1. The number of hydrogen-bond donors (Lipinski definition) is 0. The van der Waals surface area contributed by atoms with Crippen molar-refractivity contribution in [3.63, 3.8) is 0 Å². The maximum Gasteiger partial charge on any atom is 0.220 e. The third-order valence-corrected chi connectivity index (χ3v) is 5.05. The van der Waals surface area contributed by atoms with E-state index in [2.05, 4.69) is 9.88 Å². The lowest BCUT2D eigenvalue weighted by Crippen LogP contribution is -2.40. The van der Waals surface area contributed by atoms with Gasteiger partial charge in [0.05, 0.1) is 18.5 Å². The van der Waals surface area contributed by atoms with Gasteiger partial charge in [0.25, 0.3) is 0 Å². The molecule has 23 heavy (non-hydrogen) atoms. The molecule has 1 amide bonds. The number of hydrogen-bond acceptors (Lipinski definition) is 6. The second kappa shape index (κ2) is 7.44. The highest BCUT2D eigenvalue weighted by Crippen LogP contribution is 2.19. The van der Waals surface area contributed by atoms with Crippen LogP contribution in [0.25, 0.3) is 0 Å². The Labute approximate surface area is 137 Å². The van der Waals surface area contributed by atoms with Gasteiger partial charge in [-0.3, -0.25) is 4.79 Å². The second-order valence-electron chi connectivity index (χ2n) is 6.09. The summed E-state index contributed by atoms with van der Waals surface area (Å²) >= 11 is 0. The Morgan fingerprint density at radius 1 is 1.52 bits per heavy atom. The molecule has 1 saturated heterocycles. The Hall–Kier alpha value is -1.41. The topological polar surface area (TPSA) is 83.7 Å². The zero-order chi connectivity index (χ0) is 17.0. The Bertz CT molecular complexity index is 641. The average Bonchev–Trinajstić information content (AvgIpc) is 3.10. The highest BCUT2D eigenvalue weighted by atomic mass is 32.2. The predicted molar refractivity (Wildman–Crippen MR) is 86.7 cm³/mol. The molecule has 1 aromatic heterocycles. The molecule has 1 fully saturated rings. The zero-order valence-electron chi connectivity index (χ0n) is 14.0. The van der Waals surface area contributed by atoms with Crippen molar-refractivity contribution < 1.29 is 17.6 Å². The number of carbonyl (C=O) groups excluding carboxylic acids is 1. The van der Waals surface area contributed by atoms with E-state index in [1.54, 1.807) is 18.0 Å². The van der Waals surface area contributed by atoms with E-state index in [0.29, 0.717) is 25.5 Å². The highest BCUT2D eigenvalue weighted by molar-refractivity contribution is 7.90. The summed E-state index contributed by atoms with van der Waals surface area (Å²) in [6.45, 7) is 5.90. The van der Waals surface area contributed by atoms with Gasteiger partial charge in [-0.25, -0.2) is 13.4 Å². The van der Waals surface area contributed by atoms with Crippen LogP contribution in [0.1, 0.15) is 31.9 Å². The van der Waals surface area contributed by atoms with E-state index in [1.165, 1.54) is 6.26 Å². The van der Waals surface area contributed by atoms with Gasteiger partial charge in [-0.2, -0.15) is 0 Å². The fraction of sp³-hybridized carbons (Fsp3) is 0.733. The van der Waals surface area contributed by atoms with E-state index in [-0.39, 0.29) is 17.7 Å². The molecule has 0 saturated carbocycles. The Morgan fingerprint density at radius 3 is 2.83 bits per heavy atom. The zero-order valence-corrected chi connectivity index (χ0v) is 14.8. The molecular weight excluding hydrogens is 318 g/mol. The Morgan fingerprint density at radius 2 is 2.26 bits per heavy atom. The number of sulfone groups is 1. The van der Waals surface area contributed by atoms with Gasteiger partial charge >= 0.3 is 0 Å². The number of aryl methyl sites for hydroxylation is 1. The first-order chi connectivity index (χ1) is 10.8. The van der Waals surface area contributed by atoms with Gasteiger partial charge in [0.2, 0.25) is 11.8 Å². The minimum atomic E-state index is -2.96. The van der Waals surface area contributed by atoms with Crippen molar-refractivity contribution in [1.82, 2.24) is 14.8 Å². The summed E-state index contributed by atoms with van der Waals surface area (Å²) in [5, 5.41) is 0. The van der Waals surface area contributed by atoms with Crippen molar-refractivity contribution in [2.75, 3.05) is 31.6 Å².